The van der Waals surface area contributed by atoms with E-state index in [-0.39, 0.29) is 38.5 Å². The molecule has 3 nitrogen and oxygen atoms in total. The first-order chi connectivity index (χ1) is 6.16. The predicted molar refractivity (Wildman–Crippen MR) is 52.8 cm³/mol. The summed E-state index contributed by atoms with van der Waals surface area (Å²) in [5.41, 5.74) is 2.47. The van der Waals surface area contributed by atoms with Crippen molar-refractivity contribution in [3.05, 3.63) is 28.0 Å². The molecule has 0 amide bonds. The minimum Gasteiger partial charge on any atom is -1.00 e. The molecule has 0 aromatic carbocycles. The van der Waals surface area contributed by atoms with Crippen LogP contribution in [0.3, 0.4) is 0 Å². The number of pyridine rings is 1. The molecule has 2 N–H and O–H groups in total. The Morgan fingerprint density at radius 1 is 1.33 bits per heavy atom. The Balaban J connectivity index is -0.000000339. The number of aliphatic hydroxyl groups is 2. The molecule has 1 rings (SSSR count). The largest absolute Gasteiger partial charge is 2.00 e. The van der Waals surface area contributed by atoms with E-state index < -0.39 is 0 Å². The maximum atomic E-state index is 8.81. The van der Waals surface area contributed by atoms with E-state index in [0.717, 1.165) is 18.2 Å². The quantitative estimate of drug-likeness (QED) is 0.618. The molecule has 0 spiro atoms. The van der Waals surface area contributed by atoms with Crippen molar-refractivity contribution in [3.63, 3.8) is 0 Å². The molecule has 1 heterocycles. The summed E-state index contributed by atoms with van der Waals surface area (Å²) >= 11 is 5.91. The molecule has 0 aliphatic heterocycles. The third-order valence-electron chi connectivity index (χ3n) is 1.67. The molecule has 0 aliphatic rings. The molecule has 0 bridgehead atoms. The number of hydrogen-bond donors (Lipinski definition) is 2. The van der Waals surface area contributed by atoms with Crippen LogP contribution < -0.4 is 12.4 Å². The second kappa shape index (κ2) is 10.8. The molecule has 0 radical (unpaired) electrons. The third-order valence-corrected chi connectivity index (χ3v) is 2.25. The molecule has 15 heavy (non-hydrogen) atoms. The number of hydrogen-bond acceptors (Lipinski definition) is 3. The average molecular weight is 305 g/mol. The molecular formula is C9H14Cl2NO2Zn+. The smallest absolute Gasteiger partial charge is 1.00 e. The van der Waals surface area contributed by atoms with Crippen LogP contribution in [0.5, 0.6) is 0 Å². The van der Waals surface area contributed by atoms with Gasteiger partial charge in [0.05, 0.1) is 12.3 Å². The van der Waals surface area contributed by atoms with Gasteiger partial charge in [0.15, 0.2) is 0 Å². The van der Waals surface area contributed by atoms with Crippen LogP contribution in [0, 0.1) is 13.8 Å². The van der Waals surface area contributed by atoms with Crippen LogP contribution in [0.4, 0.5) is 0 Å². The molecule has 0 fully saturated rings. The predicted octanol–water partition coefficient (Wildman–Crippen LogP) is -1.55. The Morgan fingerprint density at radius 2 is 1.80 bits per heavy atom. The van der Waals surface area contributed by atoms with E-state index in [1.54, 1.807) is 6.20 Å². The van der Waals surface area contributed by atoms with Gasteiger partial charge >= 0.3 is 19.5 Å². The van der Waals surface area contributed by atoms with Crippen LogP contribution in [0.25, 0.3) is 0 Å². The van der Waals surface area contributed by atoms with Gasteiger partial charge in [-0.2, -0.15) is 0 Å². The van der Waals surface area contributed by atoms with Gasteiger partial charge in [-0.05, 0) is 25.0 Å². The summed E-state index contributed by atoms with van der Waals surface area (Å²) in [5.74, 6) is 0. The molecular weight excluding hydrogens is 290 g/mol. The summed E-state index contributed by atoms with van der Waals surface area (Å²) in [7, 11) is 1.00. The van der Waals surface area contributed by atoms with Gasteiger partial charge in [0, 0.05) is 18.3 Å². The van der Waals surface area contributed by atoms with Gasteiger partial charge in [-0.25, -0.2) is 0 Å². The Kier molecular flexibility index (Phi) is 14.8. The molecule has 0 unspecified atom stereocenters. The first-order valence-electron chi connectivity index (χ1n) is 3.83. The van der Waals surface area contributed by atoms with Crippen LogP contribution in [0.1, 0.15) is 16.8 Å². The summed E-state index contributed by atoms with van der Waals surface area (Å²) in [6.45, 7) is 3.70. The number of halogens is 2. The van der Waals surface area contributed by atoms with E-state index in [1.165, 1.54) is 0 Å². The number of aliphatic hydroxyl groups excluding tert-OH is 2. The maximum absolute atomic E-state index is 8.81. The SMILES string of the molecule is CO.Cc1cnc(CO)c(C)c1Cl.[Cl-].[Zn+2]. The van der Waals surface area contributed by atoms with E-state index in [1.807, 2.05) is 13.8 Å². The fourth-order valence-corrected chi connectivity index (χ4v) is 1.07. The molecule has 0 saturated heterocycles. The van der Waals surface area contributed by atoms with Gasteiger partial charge < -0.3 is 22.6 Å². The summed E-state index contributed by atoms with van der Waals surface area (Å²) < 4.78 is 0. The zero-order chi connectivity index (χ0) is 10.4. The van der Waals surface area contributed by atoms with Gasteiger partial charge in [-0.1, -0.05) is 11.6 Å². The Hall–Kier alpha value is 0.273. The number of aryl methyl sites for hydroxylation is 1. The monoisotopic (exact) mass is 302 g/mol. The molecule has 0 atom stereocenters. The summed E-state index contributed by atoms with van der Waals surface area (Å²) in [5, 5.41) is 16.5. The van der Waals surface area contributed by atoms with Crippen LogP contribution in [0.2, 0.25) is 5.02 Å². The fraction of sp³-hybridized carbons (Fsp3) is 0.444. The topological polar surface area (TPSA) is 53.4 Å². The van der Waals surface area contributed by atoms with E-state index >= 15 is 0 Å². The normalized spacial score (nSPS) is 7.87. The first-order valence-corrected chi connectivity index (χ1v) is 4.20. The second-order valence-corrected chi connectivity index (χ2v) is 2.86. The van der Waals surface area contributed by atoms with Gasteiger partial charge in [0.2, 0.25) is 0 Å². The zero-order valence-corrected chi connectivity index (χ0v) is 13.6. The van der Waals surface area contributed by atoms with Gasteiger partial charge in [0.1, 0.15) is 0 Å². The minimum atomic E-state index is -0.0498. The van der Waals surface area contributed by atoms with Crippen molar-refractivity contribution in [1.29, 1.82) is 0 Å². The number of aromatic nitrogens is 1. The van der Waals surface area contributed by atoms with Crippen molar-refractivity contribution in [3.8, 4) is 0 Å². The molecule has 0 saturated carbocycles. The summed E-state index contributed by atoms with van der Waals surface area (Å²) in [6.07, 6.45) is 1.67. The summed E-state index contributed by atoms with van der Waals surface area (Å²) in [4.78, 5) is 4.02. The minimum absolute atomic E-state index is 0. The van der Waals surface area contributed by atoms with E-state index in [2.05, 4.69) is 4.98 Å². The van der Waals surface area contributed by atoms with Crippen molar-refractivity contribution in [2.45, 2.75) is 20.5 Å². The fourth-order valence-electron chi connectivity index (χ4n) is 0.910. The first kappa shape index (κ1) is 20.7. The van der Waals surface area contributed by atoms with Crippen LogP contribution in [-0.4, -0.2) is 22.3 Å². The van der Waals surface area contributed by atoms with Crippen molar-refractivity contribution < 1.29 is 42.1 Å². The van der Waals surface area contributed by atoms with Gasteiger partial charge in [0.25, 0.3) is 0 Å². The third kappa shape index (κ3) is 5.79. The van der Waals surface area contributed by atoms with E-state index in [4.69, 9.17) is 21.8 Å². The van der Waals surface area contributed by atoms with Gasteiger partial charge in [-0.15, -0.1) is 0 Å². The standard InChI is InChI=1S/C8H10ClNO.CH4O.ClH.Zn/c1-5-3-10-7(4-11)6(2)8(5)9;1-2;;/h3,11H,4H2,1-2H3;2H,1H3;1H;/q;;;+2/p-1. The Bertz CT molecular complexity index is 285. The van der Waals surface area contributed by atoms with E-state index in [9.17, 15) is 0 Å². The average Bonchev–Trinajstić information content (AvgIpc) is 2.18. The van der Waals surface area contributed by atoms with Crippen molar-refractivity contribution in [2.75, 3.05) is 7.11 Å². The second-order valence-electron chi connectivity index (χ2n) is 2.49. The van der Waals surface area contributed by atoms with E-state index in [0.29, 0.717) is 10.7 Å². The number of rotatable bonds is 1. The van der Waals surface area contributed by atoms with Gasteiger partial charge in [-0.3, -0.25) is 4.98 Å². The molecule has 6 heteroatoms. The maximum Gasteiger partial charge on any atom is 2.00 e. The zero-order valence-electron chi connectivity index (χ0n) is 9.09. The Morgan fingerprint density at radius 3 is 2.20 bits per heavy atom. The van der Waals surface area contributed by atoms with Crippen LogP contribution in [-0.2, 0) is 26.1 Å². The molecule has 1 aromatic rings. The van der Waals surface area contributed by atoms with Crippen molar-refractivity contribution >= 4 is 11.6 Å². The van der Waals surface area contributed by atoms with Crippen LogP contribution >= 0.6 is 11.6 Å². The van der Waals surface area contributed by atoms with Crippen LogP contribution in [0.15, 0.2) is 6.20 Å². The molecule has 1 aromatic heterocycles. The molecule has 0 aliphatic carbocycles. The summed E-state index contributed by atoms with van der Waals surface area (Å²) in [6, 6.07) is 0. The van der Waals surface area contributed by atoms with Crippen molar-refractivity contribution in [2.24, 2.45) is 0 Å². The van der Waals surface area contributed by atoms with Crippen molar-refractivity contribution in [1.82, 2.24) is 4.98 Å². The molecule has 82 valence electrons. The Labute approximate surface area is 114 Å². The number of nitrogens with zero attached hydrogens (tertiary/aromatic N) is 1.